The molecule has 3 unspecified atom stereocenters. The Balaban J connectivity index is 1.99. The van der Waals surface area contributed by atoms with Crippen LogP contribution >= 0.6 is 0 Å². The number of rotatable bonds is 4. The summed E-state index contributed by atoms with van der Waals surface area (Å²) in [4.78, 5) is 0.238. The van der Waals surface area contributed by atoms with Gasteiger partial charge in [0.15, 0.2) is 0 Å². The van der Waals surface area contributed by atoms with E-state index in [1.165, 1.54) is 6.07 Å². The lowest BCUT2D eigenvalue weighted by atomic mass is 10.0. The topological polar surface area (TPSA) is 52.3 Å². The summed E-state index contributed by atoms with van der Waals surface area (Å²) in [5.41, 5.74) is 5.97. The van der Waals surface area contributed by atoms with Crippen LogP contribution in [-0.2, 0) is 15.5 Å². The Labute approximate surface area is 103 Å². The predicted octanol–water partition coefficient (Wildman–Crippen LogP) is 1.30. The Hall–Kier alpha value is -0.780. The molecule has 94 valence electrons. The molecule has 0 amide bonds. The van der Waals surface area contributed by atoms with Crippen LogP contribution in [0.25, 0.3) is 0 Å². The first-order valence-electron chi connectivity index (χ1n) is 5.64. The van der Waals surface area contributed by atoms with Gasteiger partial charge < -0.3 is 10.5 Å². The summed E-state index contributed by atoms with van der Waals surface area (Å²) in [6, 6.07) is 5.93. The molecule has 1 aromatic rings. The molecule has 5 heteroatoms. The van der Waals surface area contributed by atoms with Crippen molar-refractivity contribution in [2.45, 2.75) is 17.4 Å². The molecule has 1 heterocycles. The molecule has 1 saturated heterocycles. The molecule has 3 nitrogen and oxygen atoms in total. The van der Waals surface area contributed by atoms with Gasteiger partial charge in [0.25, 0.3) is 0 Å². The molecule has 1 aliphatic heterocycles. The molecule has 1 aromatic carbocycles. The normalized spacial score (nSPS) is 23.5. The number of ether oxygens (including phenoxy) is 1. The largest absolute Gasteiger partial charge is 0.381 e. The zero-order chi connectivity index (χ0) is 12.3. The van der Waals surface area contributed by atoms with E-state index in [-0.39, 0.29) is 22.6 Å². The highest BCUT2D eigenvalue weighted by Gasteiger charge is 2.25. The standard InChI is InChI=1S/C12H16FNO2S/c13-10-3-1-2-4-12(10)17(15)8-11(14)9-5-6-16-7-9/h1-4,9,11H,5-8,14H2. The summed E-state index contributed by atoms with van der Waals surface area (Å²) < 4.78 is 30.6. The van der Waals surface area contributed by atoms with E-state index in [1.54, 1.807) is 18.2 Å². The van der Waals surface area contributed by atoms with E-state index >= 15 is 0 Å². The van der Waals surface area contributed by atoms with Gasteiger partial charge in [-0.1, -0.05) is 12.1 Å². The van der Waals surface area contributed by atoms with E-state index in [1.807, 2.05) is 0 Å². The third kappa shape index (κ3) is 3.12. The van der Waals surface area contributed by atoms with Crippen molar-refractivity contribution in [2.24, 2.45) is 11.7 Å². The zero-order valence-corrected chi connectivity index (χ0v) is 10.3. The van der Waals surface area contributed by atoms with Crippen LogP contribution < -0.4 is 5.73 Å². The maximum absolute atomic E-state index is 13.4. The van der Waals surface area contributed by atoms with Crippen LogP contribution in [0.1, 0.15) is 6.42 Å². The van der Waals surface area contributed by atoms with Crippen molar-refractivity contribution in [3.8, 4) is 0 Å². The Morgan fingerprint density at radius 3 is 2.94 bits per heavy atom. The summed E-state index contributed by atoms with van der Waals surface area (Å²) in [6.07, 6.45) is 0.898. The van der Waals surface area contributed by atoms with Crippen LogP contribution in [0.2, 0.25) is 0 Å². The molecule has 0 aliphatic carbocycles. The van der Waals surface area contributed by atoms with Gasteiger partial charge in [-0.2, -0.15) is 0 Å². The molecule has 1 aliphatic rings. The lowest BCUT2D eigenvalue weighted by Gasteiger charge is -2.17. The molecule has 0 spiro atoms. The molecule has 0 radical (unpaired) electrons. The van der Waals surface area contributed by atoms with Crippen molar-refractivity contribution < 1.29 is 13.3 Å². The monoisotopic (exact) mass is 257 g/mol. The summed E-state index contributed by atoms with van der Waals surface area (Å²) in [7, 11) is -1.38. The molecule has 0 aromatic heterocycles. The van der Waals surface area contributed by atoms with Crippen LogP contribution in [0, 0.1) is 11.7 Å². The summed E-state index contributed by atoms with van der Waals surface area (Å²) in [5, 5.41) is 0. The minimum atomic E-state index is -1.38. The molecule has 2 rings (SSSR count). The molecule has 3 atom stereocenters. The summed E-state index contributed by atoms with van der Waals surface area (Å²) >= 11 is 0. The Bertz CT molecular complexity index is 407. The van der Waals surface area contributed by atoms with Gasteiger partial charge in [0.05, 0.1) is 22.3 Å². The quantitative estimate of drug-likeness (QED) is 0.884. The third-order valence-corrected chi connectivity index (χ3v) is 4.51. The van der Waals surface area contributed by atoms with Crippen molar-refractivity contribution in [3.63, 3.8) is 0 Å². The van der Waals surface area contributed by atoms with Crippen molar-refractivity contribution in [1.29, 1.82) is 0 Å². The SMILES string of the molecule is NC(CS(=O)c1ccccc1F)C1CCOC1. The number of halogens is 1. The first-order valence-corrected chi connectivity index (χ1v) is 6.96. The minimum Gasteiger partial charge on any atom is -0.381 e. The second-order valence-corrected chi connectivity index (χ2v) is 5.69. The second-order valence-electron chi connectivity index (χ2n) is 4.23. The molecule has 0 saturated carbocycles. The van der Waals surface area contributed by atoms with Crippen LogP contribution in [0.3, 0.4) is 0 Å². The molecule has 1 fully saturated rings. The molecule has 2 N–H and O–H groups in total. The van der Waals surface area contributed by atoms with Gasteiger partial charge in [0.1, 0.15) is 5.82 Å². The lowest BCUT2D eigenvalue weighted by Crippen LogP contribution is -2.35. The average molecular weight is 257 g/mol. The highest BCUT2D eigenvalue weighted by Crippen LogP contribution is 2.18. The number of hydrogen-bond acceptors (Lipinski definition) is 3. The number of nitrogens with two attached hydrogens (primary N) is 1. The Kier molecular flexibility index (Phi) is 4.25. The van der Waals surface area contributed by atoms with Crippen molar-refractivity contribution in [1.82, 2.24) is 0 Å². The van der Waals surface area contributed by atoms with E-state index in [2.05, 4.69) is 0 Å². The van der Waals surface area contributed by atoms with Gasteiger partial charge >= 0.3 is 0 Å². The molecule has 0 bridgehead atoms. The maximum Gasteiger partial charge on any atom is 0.139 e. The molecule has 17 heavy (non-hydrogen) atoms. The fourth-order valence-electron chi connectivity index (χ4n) is 1.92. The molecular weight excluding hydrogens is 241 g/mol. The average Bonchev–Trinajstić information content (AvgIpc) is 2.82. The van der Waals surface area contributed by atoms with Crippen LogP contribution in [0.15, 0.2) is 29.2 Å². The van der Waals surface area contributed by atoms with Gasteiger partial charge in [-0.05, 0) is 18.6 Å². The van der Waals surface area contributed by atoms with E-state index in [0.29, 0.717) is 13.2 Å². The smallest absolute Gasteiger partial charge is 0.139 e. The Morgan fingerprint density at radius 1 is 1.53 bits per heavy atom. The van der Waals surface area contributed by atoms with Crippen molar-refractivity contribution >= 4 is 10.8 Å². The van der Waals surface area contributed by atoms with Crippen LogP contribution in [0.4, 0.5) is 4.39 Å². The van der Waals surface area contributed by atoms with Gasteiger partial charge in [-0.15, -0.1) is 0 Å². The van der Waals surface area contributed by atoms with E-state index in [0.717, 1.165) is 6.42 Å². The lowest BCUT2D eigenvalue weighted by molar-refractivity contribution is 0.182. The third-order valence-electron chi connectivity index (χ3n) is 3.00. The fourth-order valence-corrected chi connectivity index (χ4v) is 3.24. The van der Waals surface area contributed by atoms with Gasteiger partial charge in [0, 0.05) is 24.3 Å². The van der Waals surface area contributed by atoms with Crippen LogP contribution in [0.5, 0.6) is 0 Å². The predicted molar refractivity (Wildman–Crippen MR) is 64.6 cm³/mol. The van der Waals surface area contributed by atoms with Crippen molar-refractivity contribution in [2.75, 3.05) is 19.0 Å². The van der Waals surface area contributed by atoms with E-state index < -0.39 is 16.6 Å². The summed E-state index contributed by atoms with van der Waals surface area (Å²) in [5.74, 6) is 0.0982. The Morgan fingerprint density at radius 2 is 2.29 bits per heavy atom. The first kappa shape index (κ1) is 12.7. The minimum absolute atomic E-state index is 0.196. The number of benzene rings is 1. The summed E-state index contributed by atoms with van der Waals surface area (Å²) in [6.45, 7) is 1.33. The molecular formula is C12H16FNO2S. The van der Waals surface area contributed by atoms with Gasteiger partial charge in [0.2, 0.25) is 0 Å². The highest BCUT2D eigenvalue weighted by atomic mass is 32.2. The second kappa shape index (κ2) is 5.71. The van der Waals surface area contributed by atoms with E-state index in [9.17, 15) is 8.60 Å². The zero-order valence-electron chi connectivity index (χ0n) is 9.47. The number of hydrogen-bond donors (Lipinski definition) is 1. The maximum atomic E-state index is 13.4. The fraction of sp³-hybridized carbons (Fsp3) is 0.500. The van der Waals surface area contributed by atoms with Crippen LogP contribution in [-0.4, -0.2) is 29.2 Å². The highest BCUT2D eigenvalue weighted by molar-refractivity contribution is 7.85. The van der Waals surface area contributed by atoms with E-state index in [4.69, 9.17) is 10.5 Å². The van der Waals surface area contributed by atoms with Crippen molar-refractivity contribution in [3.05, 3.63) is 30.1 Å². The van der Waals surface area contributed by atoms with Gasteiger partial charge in [-0.3, -0.25) is 4.21 Å². The van der Waals surface area contributed by atoms with Gasteiger partial charge in [-0.25, -0.2) is 4.39 Å². The first-order chi connectivity index (χ1) is 8.18.